The van der Waals surface area contributed by atoms with Crippen molar-refractivity contribution in [2.45, 2.75) is 0 Å². The van der Waals surface area contributed by atoms with Crippen LogP contribution in [0.2, 0.25) is 0 Å². The van der Waals surface area contributed by atoms with Crippen molar-refractivity contribution in [3.8, 4) is 0 Å². The molecule has 6 N–H and O–H groups in total. The molecule has 0 aromatic heterocycles. The number of halogens is 3. The average Bonchev–Trinajstić information content (AvgIpc) is 2.13. The van der Waals surface area contributed by atoms with Crippen molar-refractivity contribution in [3.63, 3.8) is 0 Å². The zero-order chi connectivity index (χ0) is 12.6. The lowest BCUT2D eigenvalue weighted by Crippen LogP contribution is -2.23. The van der Waals surface area contributed by atoms with E-state index < -0.39 is 11.8 Å². The average molecular weight is 557 g/mol. The topological polar surface area (TPSA) is 112 Å². The number of primary amides is 2. The fourth-order valence-corrected chi connectivity index (χ4v) is 5.35. The number of carbonyl (C=O) groups excluding carboxylic acids is 2. The molecule has 2 amide bonds. The Hall–Kier alpha value is 0.150. The molecule has 0 heterocycles. The normalized spacial score (nSPS) is 10.2. The number of nitrogen functional groups attached to an aromatic ring is 1. The van der Waals surface area contributed by atoms with Crippen molar-refractivity contribution in [3.05, 3.63) is 21.8 Å². The van der Waals surface area contributed by atoms with Crippen molar-refractivity contribution in [1.82, 2.24) is 0 Å². The van der Waals surface area contributed by atoms with E-state index in [0.29, 0.717) is 16.4 Å². The lowest BCUT2D eigenvalue weighted by atomic mass is 10.1. The number of hydrogen-bond acceptors (Lipinski definition) is 3. The number of benzene rings is 1. The maximum Gasteiger partial charge on any atom is 0.250 e. The fourth-order valence-electron chi connectivity index (χ4n) is 1.12. The minimum atomic E-state index is -0.626. The van der Waals surface area contributed by atoms with E-state index >= 15 is 0 Å². The maximum atomic E-state index is 11.3. The van der Waals surface area contributed by atoms with Gasteiger partial charge in [0.25, 0.3) is 11.8 Å². The van der Waals surface area contributed by atoms with Gasteiger partial charge < -0.3 is 17.2 Å². The van der Waals surface area contributed by atoms with Gasteiger partial charge in [0.1, 0.15) is 0 Å². The molecule has 0 atom stereocenters. The molecule has 16 heavy (non-hydrogen) atoms. The molecule has 0 aliphatic carbocycles. The summed E-state index contributed by atoms with van der Waals surface area (Å²) < 4.78 is 1.54. The molecule has 1 aromatic carbocycles. The molecule has 0 aliphatic rings. The van der Waals surface area contributed by atoms with Gasteiger partial charge in [-0.05, 0) is 67.8 Å². The summed E-state index contributed by atoms with van der Waals surface area (Å²) in [5.74, 6) is -1.25. The Bertz CT molecular complexity index is 461. The van der Waals surface area contributed by atoms with E-state index in [0.717, 1.165) is 0 Å². The highest BCUT2D eigenvalue weighted by atomic mass is 127. The van der Waals surface area contributed by atoms with E-state index in [1.54, 1.807) is 0 Å². The maximum absolute atomic E-state index is 11.3. The van der Waals surface area contributed by atoms with Crippen LogP contribution in [0.1, 0.15) is 20.7 Å². The van der Waals surface area contributed by atoms with Gasteiger partial charge in [0, 0.05) is 3.57 Å². The molecular formula is C8H6I3N3O2. The quantitative estimate of drug-likeness (QED) is 0.377. The summed E-state index contributed by atoms with van der Waals surface area (Å²) in [5, 5.41) is 0. The van der Waals surface area contributed by atoms with E-state index in [9.17, 15) is 9.59 Å². The number of rotatable bonds is 2. The SMILES string of the molecule is NC(=O)c1c(I)c(N)c(I)c(C(N)=O)c1I. The Morgan fingerprint density at radius 3 is 1.38 bits per heavy atom. The number of anilines is 1. The third-order valence-electron chi connectivity index (χ3n) is 1.84. The highest BCUT2D eigenvalue weighted by Gasteiger charge is 2.24. The Labute approximate surface area is 132 Å². The Kier molecular flexibility index (Phi) is 4.62. The van der Waals surface area contributed by atoms with Crippen molar-refractivity contribution >= 4 is 85.3 Å². The number of hydrogen-bond donors (Lipinski definition) is 3. The Morgan fingerprint density at radius 1 is 0.812 bits per heavy atom. The summed E-state index contributed by atoms with van der Waals surface area (Å²) >= 11 is 5.72. The third-order valence-corrected chi connectivity index (χ3v) is 5.16. The molecule has 0 radical (unpaired) electrons. The smallest absolute Gasteiger partial charge is 0.250 e. The second kappa shape index (κ2) is 5.20. The van der Waals surface area contributed by atoms with Gasteiger partial charge in [0.2, 0.25) is 0 Å². The Morgan fingerprint density at radius 2 is 1.12 bits per heavy atom. The van der Waals surface area contributed by atoms with Gasteiger partial charge in [-0.25, -0.2) is 0 Å². The van der Waals surface area contributed by atoms with Crippen LogP contribution >= 0.6 is 67.8 Å². The molecule has 0 aliphatic heterocycles. The first-order chi connectivity index (χ1) is 7.29. The highest BCUT2D eigenvalue weighted by molar-refractivity contribution is 14.1. The van der Waals surface area contributed by atoms with Gasteiger partial charge in [-0.2, -0.15) is 0 Å². The molecule has 0 bridgehead atoms. The molecule has 0 saturated heterocycles. The van der Waals surface area contributed by atoms with E-state index in [-0.39, 0.29) is 11.1 Å². The van der Waals surface area contributed by atoms with Crippen molar-refractivity contribution in [2.24, 2.45) is 11.5 Å². The van der Waals surface area contributed by atoms with E-state index in [4.69, 9.17) is 17.2 Å². The zero-order valence-electron chi connectivity index (χ0n) is 7.68. The van der Waals surface area contributed by atoms with Crippen LogP contribution in [0.5, 0.6) is 0 Å². The minimum Gasteiger partial charge on any atom is -0.397 e. The summed E-state index contributed by atoms with van der Waals surface area (Å²) in [5.41, 5.74) is 17.1. The highest BCUT2D eigenvalue weighted by Crippen LogP contribution is 2.33. The first-order valence-electron chi connectivity index (χ1n) is 3.84. The predicted molar refractivity (Wildman–Crippen MR) is 86.0 cm³/mol. The molecule has 0 spiro atoms. The van der Waals surface area contributed by atoms with Crippen LogP contribution < -0.4 is 17.2 Å². The standard InChI is InChI=1S/C8H6I3N3O2/c9-3-1(7(13)15)4(10)6(12)5(11)2(3)8(14)16/h12H2,(H2,13,15)(H2,14,16). The molecule has 0 fully saturated rings. The van der Waals surface area contributed by atoms with E-state index in [1.807, 2.05) is 67.8 Å². The van der Waals surface area contributed by atoms with Crippen LogP contribution in [-0.4, -0.2) is 11.8 Å². The molecule has 0 unspecified atom stereocenters. The van der Waals surface area contributed by atoms with Gasteiger partial charge in [-0.3, -0.25) is 9.59 Å². The summed E-state index contributed by atoms with van der Waals surface area (Å²) in [6, 6.07) is 0. The monoisotopic (exact) mass is 557 g/mol. The summed E-state index contributed by atoms with van der Waals surface area (Å²) in [4.78, 5) is 22.6. The van der Waals surface area contributed by atoms with E-state index in [1.165, 1.54) is 0 Å². The number of carbonyl (C=O) groups is 2. The molecule has 1 rings (SSSR count). The van der Waals surface area contributed by atoms with Gasteiger partial charge in [-0.15, -0.1) is 0 Å². The summed E-state index contributed by atoms with van der Waals surface area (Å²) in [7, 11) is 0. The van der Waals surface area contributed by atoms with Crippen LogP contribution in [0.15, 0.2) is 0 Å². The van der Waals surface area contributed by atoms with Gasteiger partial charge in [0.05, 0.1) is 24.0 Å². The van der Waals surface area contributed by atoms with Gasteiger partial charge >= 0.3 is 0 Å². The number of amides is 2. The lowest BCUT2D eigenvalue weighted by Gasteiger charge is -2.13. The van der Waals surface area contributed by atoms with Gasteiger partial charge in [0.15, 0.2) is 0 Å². The number of nitrogens with two attached hydrogens (primary N) is 3. The molecule has 1 aromatic rings. The molecule has 5 nitrogen and oxygen atoms in total. The molecular weight excluding hydrogens is 551 g/mol. The Balaban J connectivity index is 3.80. The van der Waals surface area contributed by atoms with Crippen LogP contribution in [0, 0.1) is 10.7 Å². The molecule has 8 heteroatoms. The van der Waals surface area contributed by atoms with Crippen LogP contribution in [0.25, 0.3) is 0 Å². The van der Waals surface area contributed by atoms with Crippen LogP contribution in [-0.2, 0) is 0 Å². The summed E-state index contributed by atoms with van der Waals surface area (Å²) in [6.45, 7) is 0. The second-order valence-corrected chi connectivity index (χ2v) is 6.07. The van der Waals surface area contributed by atoms with Crippen LogP contribution in [0.3, 0.4) is 0 Å². The first-order valence-corrected chi connectivity index (χ1v) is 7.08. The van der Waals surface area contributed by atoms with Gasteiger partial charge in [-0.1, -0.05) is 0 Å². The van der Waals surface area contributed by atoms with Crippen molar-refractivity contribution in [2.75, 3.05) is 5.73 Å². The third kappa shape index (κ3) is 2.37. The predicted octanol–water partition coefficient (Wildman–Crippen LogP) is 1.28. The minimum absolute atomic E-state index is 0.243. The lowest BCUT2D eigenvalue weighted by molar-refractivity contribution is 0.0998. The fraction of sp³-hybridized carbons (Fsp3) is 0. The van der Waals surface area contributed by atoms with E-state index in [2.05, 4.69) is 0 Å². The van der Waals surface area contributed by atoms with Crippen molar-refractivity contribution in [1.29, 1.82) is 0 Å². The first kappa shape index (κ1) is 14.2. The summed E-state index contributed by atoms with van der Waals surface area (Å²) in [6.07, 6.45) is 0. The zero-order valence-corrected chi connectivity index (χ0v) is 14.2. The molecule has 86 valence electrons. The molecule has 0 saturated carbocycles. The largest absolute Gasteiger partial charge is 0.397 e. The van der Waals surface area contributed by atoms with Crippen LogP contribution in [0.4, 0.5) is 5.69 Å². The second-order valence-electron chi connectivity index (χ2n) is 2.83. The van der Waals surface area contributed by atoms with Crippen molar-refractivity contribution < 1.29 is 9.59 Å².